The Morgan fingerprint density at radius 1 is 1.00 bits per heavy atom. The number of aromatic nitrogens is 4. The monoisotopic (exact) mass is 307 g/mol. The van der Waals surface area contributed by atoms with Crippen LogP contribution in [0.15, 0.2) is 18.3 Å². The van der Waals surface area contributed by atoms with Crippen molar-refractivity contribution in [1.29, 1.82) is 0 Å². The smallest absolute Gasteiger partial charge is 0.232 e. The van der Waals surface area contributed by atoms with Crippen LogP contribution >= 0.6 is 8.45 Å². The number of pyridine rings is 1. The van der Waals surface area contributed by atoms with Crippen molar-refractivity contribution in [2.24, 2.45) is 0 Å². The van der Waals surface area contributed by atoms with E-state index in [9.17, 15) is 0 Å². The van der Waals surface area contributed by atoms with Crippen molar-refractivity contribution in [3.8, 4) is 0 Å². The second-order valence-electron chi connectivity index (χ2n) is 5.57. The van der Waals surface area contributed by atoms with Crippen molar-refractivity contribution in [3.63, 3.8) is 0 Å². The highest BCUT2D eigenvalue weighted by molar-refractivity contribution is 7.47. The Kier molecular flexibility index (Phi) is 3.71. The van der Waals surface area contributed by atoms with Gasteiger partial charge in [0.1, 0.15) is 5.52 Å². The standard InChI is InChI=1S/C13H19N6OP/c1-2-9-17(8-1)21(18-10-3-4-11-18)20-19-13-12(15-16-19)6-5-7-14-13/h5-7H,1-4,8-11H2/p+1. The van der Waals surface area contributed by atoms with Crippen molar-refractivity contribution >= 4 is 19.6 Å². The number of nitrogens with zero attached hydrogens (tertiary/aromatic N) is 6. The fraction of sp³-hybridized carbons (Fsp3) is 0.615. The zero-order valence-electron chi connectivity index (χ0n) is 12.0. The van der Waals surface area contributed by atoms with Crippen molar-refractivity contribution in [2.75, 3.05) is 26.2 Å². The molecule has 112 valence electrons. The van der Waals surface area contributed by atoms with E-state index in [4.69, 9.17) is 4.62 Å². The lowest BCUT2D eigenvalue weighted by Gasteiger charge is -2.23. The van der Waals surface area contributed by atoms with Gasteiger partial charge in [-0.15, -0.1) is 14.4 Å². The molecular formula is C13H20N6OP+. The SMILES string of the molecule is c1cnc2c(c1)nnn2O[PH+](N1CCCC1)N1CCCC1. The minimum atomic E-state index is -1.23. The van der Waals surface area contributed by atoms with Crippen LogP contribution in [0.5, 0.6) is 0 Å². The maximum atomic E-state index is 6.27. The summed E-state index contributed by atoms with van der Waals surface area (Å²) in [4.78, 5) is 5.87. The van der Waals surface area contributed by atoms with E-state index in [1.807, 2.05) is 12.1 Å². The summed E-state index contributed by atoms with van der Waals surface area (Å²) in [5, 5.41) is 8.26. The van der Waals surface area contributed by atoms with Crippen molar-refractivity contribution in [3.05, 3.63) is 18.3 Å². The van der Waals surface area contributed by atoms with E-state index in [0.717, 1.165) is 31.7 Å². The third-order valence-corrected chi connectivity index (χ3v) is 6.41. The normalized spacial score (nSPS) is 20.8. The molecule has 8 heteroatoms. The van der Waals surface area contributed by atoms with Crippen LogP contribution in [0, 0.1) is 0 Å². The van der Waals surface area contributed by atoms with Crippen LogP contribution in [0.1, 0.15) is 25.7 Å². The quantitative estimate of drug-likeness (QED) is 0.796. The molecule has 0 unspecified atom stereocenters. The molecule has 0 amide bonds. The van der Waals surface area contributed by atoms with Gasteiger partial charge in [-0.05, 0) is 47.9 Å². The Bertz CT molecular complexity index is 591. The highest BCUT2D eigenvalue weighted by atomic mass is 31.2. The minimum Gasteiger partial charge on any atom is -0.232 e. The van der Waals surface area contributed by atoms with Gasteiger partial charge in [-0.1, -0.05) is 0 Å². The third kappa shape index (κ3) is 2.61. The summed E-state index contributed by atoms with van der Waals surface area (Å²) in [5.74, 6) is 0. The van der Waals surface area contributed by atoms with Gasteiger partial charge in [0.15, 0.2) is 0 Å². The van der Waals surface area contributed by atoms with Gasteiger partial charge in [-0.25, -0.2) is 9.61 Å². The molecular weight excluding hydrogens is 287 g/mol. The van der Waals surface area contributed by atoms with E-state index < -0.39 is 8.45 Å². The Hall–Kier alpha value is -1.30. The lowest BCUT2D eigenvalue weighted by Crippen LogP contribution is -2.31. The zero-order chi connectivity index (χ0) is 14.1. The van der Waals surface area contributed by atoms with E-state index in [-0.39, 0.29) is 0 Å². The number of hydrogen-bond donors (Lipinski definition) is 0. The zero-order valence-corrected chi connectivity index (χ0v) is 13.0. The third-order valence-electron chi connectivity index (χ3n) is 4.10. The molecule has 0 bridgehead atoms. The summed E-state index contributed by atoms with van der Waals surface area (Å²) < 4.78 is 11.3. The summed E-state index contributed by atoms with van der Waals surface area (Å²) in [7, 11) is -1.23. The predicted octanol–water partition coefficient (Wildman–Crippen LogP) is 1.41. The fourth-order valence-electron chi connectivity index (χ4n) is 3.02. The molecule has 0 saturated carbocycles. The fourth-order valence-corrected chi connectivity index (χ4v) is 5.32. The Morgan fingerprint density at radius 2 is 1.67 bits per heavy atom. The Morgan fingerprint density at radius 3 is 2.33 bits per heavy atom. The molecule has 0 radical (unpaired) electrons. The second kappa shape index (κ2) is 5.83. The predicted molar refractivity (Wildman–Crippen MR) is 81.8 cm³/mol. The molecule has 0 atom stereocenters. The molecule has 2 aromatic rings. The summed E-state index contributed by atoms with van der Waals surface area (Å²) in [6.07, 6.45) is 6.82. The molecule has 2 aliphatic heterocycles. The van der Waals surface area contributed by atoms with E-state index in [2.05, 4.69) is 24.6 Å². The molecule has 2 aromatic heterocycles. The largest absolute Gasteiger partial charge is 0.358 e. The topological polar surface area (TPSA) is 59.3 Å². The molecule has 2 aliphatic rings. The molecule has 7 nitrogen and oxygen atoms in total. The Labute approximate surface area is 124 Å². The minimum absolute atomic E-state index is 0.707. The van der Waals surface area contributed by atoms with Crippen molar-refractivity contribution in [2.45, 2.75) is 25.7 Å². The second-order valence-corrected chi connectivity index (χ2v) is 7.58. The first kappa shape index (κ1) is 13.4. The van der Waals surface area contributed by atoms with Gasteiger partial charge >= 0.3 is 8.45 Å². The highest BCUT2D eigenvalue weighted by Crippen LogP contribution is 2.46. The summed E-state index contributed by atoms with van der Waals surface area (Å²) in [6.45, 7) is 4.52. The van der Waals surface area contributed by atoms with Crippen LogP contribution in [0.3, 0.4) is 0 Å². The molecule has 2 fully saturated rings. The van der Waals surface area contributed by atoms with Gasteiger partial charge in [0.2, 0.25) is 5.65 Å². The van der Waals surface area contributed by atoms with Gasteiger partial charge in [0.25, 0.3) is 0 Å². The molecule has 21 heavy (non-hydrogen) atoms. The molecule has 0 N–H and O–H groups in total. The van der Waals surface area contributed by atoms with E-state index in [1.54, 1.807) is 6.20 Å². The average Bonchev–Trinajstić information content (AvgIpc) is 3.26. The number of hydrogen-bond acceptors (Lipinski definition) is 6. The van der Waals surface area contributed by atoms with Crippen LogP contribution in [0.4, 0.5) is 0 Å². The molecule has 4 heterocycles. The lowest BCUT2D eigenvalue weighted by molar-refractivity contribution is 0.217. The van der Waals surface area contributed by atoms with Crippen LogP contribution in [0.2, 0.25) is 0 Å². The van der Waals surface area contributed by atoms with E-state index >= 15 is 0 Å². The van der Waals surface area contributed by atoms with E-state index in [0.29, 0.717) is 5.65 Å². The Balaban J connectivity index is 1.61. The van der Waals surface area contributed by atoms with Crippen LogP contribution in [-0.2, 0) is 0 Å². The summed E-state index contributed by atoms with van der Waals surface area (Å²) in [5.41, 5.74) is 1.49. The molecule has 0 aliphatic carbocycles. The first-order valence-electron chi connectivity index (χ1n) is 7.63. The first-order valence-corrected chi connectivity index (χ1v) is 8.94. The summed E-state index contributed by atoms with van der Waals surface area (Å²) >= 11 is 0. The van der Waals surface area contributed by atoms with Gasteiger partial charge in [0, 0.05) is 32.4 Å². The first-order chi connectivity index (χ1) is 10.4. The number of rotatable bonds is 4. The van der Waals surface area contributed by atoms with Gasteiger partial charge in [-0.3, -0.25) is 0 Å². The van der Waals surface area contributed by atoms with Crippen molar-refractivity contribution < 1.29 is 4.62 Å². The maximum Gasteiger partial charge on any atom is 0.358 e. The summed E-state index contributed by atoms with van der Waals surface area (Å²) in [6, 6.07) is 3.78. The average molecular weight is 307 g/mol. The molecule has 2 saturated heterocycles. The van der Waals surface area contributed by atoms with Crippen molar-refractivity contribution in [1.82, 2.24) is 29.5 Å². The highest BCUT2D eigenvalue weighted by Gasteiger charge is 2.40. The lowest BCUT2D eigenvalue weighted by atomic mass is 10.4. The van der Waals surface area contributed by atoms with Gasteiger partial charge in [-0.2, -0.15) is 0 Å². The van der Waals surface area contributed by atoms with Crippen LogP contribution < -0.4 is 4.62 Å². The van der Waals surface area contributed by atoms with E-state index in [1.165, 1.54) is 30.5 Å². The van der Waals surface area contributed by atoms with Crippen LogP contribution in [0.25, 0.3) is 11.2 Å². The van der Waals surface area contributed by atoms with Gasteiger partial charge in [0.05, 0.1) is 0 Å². The van der Waals surface area contributed by atoms with Gasteiger partial charge < -0.3 is 0 Å². The number of fused-ring (bicyclic) bond motifs is 1. The molecule has 0 spiro atoms. The molecule has 0 aromatic carbocycles. The maximum absolute atomic E-state index is 6.27. The molecule has 4 rings (SSSR count). The van der Waals surface area contributed by atoms with Crippen LogP contribution in [-0.4, -0.2) is 55.7 Å².